The number of para-hydroxylation sites is 3. The summed E-state index contributed by atoms with van der Waals surface area (Å²) in [5.41, 5.74) is 1.23. The molecule has 1 heterocycles. The summed E-state index contributed by atoms with van der Waals surface area (Å²) in [7, 11) is -2.44. The fraction of sp³-hybridized carbons (Fsp3) is 0.357. The molecule has 4 rings (SSSR count). The highest BCUT2D eigenvalue weighted by Crippen LogP contribution is 2.41. The highest BCUT2D eigenvalue weighted by atomic mass is 35.5. The monoisotopic (exact) mass is 528 g/mol. The van der Waals surface area contributed by atoms with Crippen molar-refractivity contribution in [1.82, 2.24) is 4.90 Å². The maximum Gasteiger partial charge on any atom is 0.264 e. The largest absolute Gasteiger partial charge is 0.495 e. The standard InChI is InChI=1S/C28H33ClN2O4S/c1-22(25-10-3-5-12-27(25)35-21-9-20-30-18-7-8-19-30)31(26-11-4-6-13-28(26)34-2)36(32,33)24-16-14-23(29)15-17-24/h3-6,10-17,22H,7-9,18-21H2,1-2H3. The smallest absolute Gasteiger partial charge is 0.264 e. The van der Waals surface area contributed by atoms with Crippen molar-refractivity contribution in [3.05, 3.63) is 83.4 Å². The Bertz CT molecular complexity index is 1240. The zero-order chi connectivity index (χ0) is 25.5. The minimum Gasteiger partial charge on any atom is -0.495 e. The van der Waals surface area contributed by atoms with Gasteiger partial charge in [0.25, 0.3) is 10.0 Å². The van der Waals surface area contributed by atoms with Gasteiger partial charge < -0.3 is 14.4 Å². The molecule has 192 valence electrons. The van der Waals surface area contributed by atoms with Crippen LogP contribution in [0.25, 0.3) is 0 Å². The van der Waals surface area contributed by atoms with Gasteiger partial charge >= 0.3 is 0 Å². The third-order valence-electron chi connectivity index (χ3n) is 6.49. The molecule has 0 bridgehead atoms. The third kappa shape index (κ3) is 5.97. The Labute approximate surface area is 219 Å². The van der Waals surface area contributed by atoms with Crippen molar-refractivity contribution in [2.45, 2.75) is 37.1 Å². The van der Waals surface area contributed by atoms with E-state index in [4.69, 9.17) is 21.1 Å². The van der Waals surface area contributed by atoms with Crippen molar-refractivity contribution >= 4 is 27.3 Å². The molecule has 1 saturated heterocycles. The second kappa shape index (κ2) is 12.0. The van der Waals surface area contributed by atoms with Crippen molar-refractivity contribution in [2.24, 2.45) is 0 Å². The molecule has 36 heavy (non-hydrogen) atoms. The molecule has 0 saturated carbocycles. The molecule has 0 aromatic heterocycles. The van der Waals surface area contributed by atoms with Gasteiger partial charge in [-0.1, -0.05) is 41.9 Å². The Kier molecular flexibility index (Phi) is 8.77. The first-order valence-electron chi connectivity index (χ1n) is 12.3. The van der Waals surface area contributed by atoms with E-state index in [1.165, 1.54) is 36.4 Å². The van der Waals surface area contributed by atoms with E-state index < -0.39 is 16.1 Å². The number of halogens is 1. The van der Waals surface area contributed by atoms with Gasteiger partial charge in [-0.3, -0.25) is 4.31 Å². The van der Waals surface area contributed by atoms with Crippen LogP contribution in [0.1, 0.15) is 37.8 Å². The summed E-state index contributed by atoms with van der Waals surface area (Å²) in [6.07, 6.45) is 3.45. The SMILES string of the molecule is COc1ccccc1N(C(C)c1ccccc1OCCCN1CCCC1)S(=O)(=O)c1ccc(Cl)cc1. The Morgan fingerprint density at radius 3 is 2.28 bits per heavy atom. The molecule has 8 heteroatoms. The van der Waals surface area contributed by atoms with Gasteiger partial charge in [0.1, 0.15) is 11.5 Å². The van der Waals surface area contributed by atoms with Crippen LogP contribution in [0.4, 0.5) is 5.69 Å². The van der Waals surface area contributed by atoms with E-state index in [9.17, 15) is 8.42 Å². The molecule has 1 aliphatic heterocycles. The van der Waals surface area contributed by atoms with Gasteiger partial charge in [-0.25, -0.2) is 8.42 Å². The van der Waals surface area contributed by atoms with Gasteiger partial charge in [0.05, 0.1) is 30.3 Å². The van der Waals surface area contributed by atoms with Gasteiger partial charge in [-0.2, -0.15) is 0 Å². The second-order valence-electron chi connectivity index (χ2n) is 8.89. The van der Waals surface area contributed by atoms with Gasteiger partial charge in [-0.05, 0) is 81.7 Å². The molecule has 6 nitrogen and oxygen atoms in total. The molecule has 1 unspecified atom stereocenters. The highest BCUT2D eigenvalue weighted by Gasteiger charge is 2.33. The van der Waals surface area contributed by atoms with Crippen LogP contribution in [0.15, 0.2) is 77.7 Å². The van der Waals surface area contributed by atoms with E-state index in [0.717, 1.165) is 31.6 Å². The number of benzene rings is 3. The summed E-state index contributed by atoms with van der Waals surface area (Å²) < 4.78 is 41.2. The first kappa shape index (κ1) is 26.3. The van der Waals surface area contributed by atoms with Crippen molar-refractivity contribution in [1.29, 1.82) is 0 Å². The number of ether oxygens (including phenoxy) is 2. The normalized spacial score (nSPS) is 15.0. The molecule has 3 aromatic rings. The zero-order valence-corrected chi connectivity index (χ0v) is 22.3. The van der Waals surface area contributed by atoms with Crippen molar-refractivity contribution in [2.75, 3.05) is 37.7 Å². The quantitative estimate of drug-likeness (QED) is 0.278. The number of anilines is 1. The minimum atomic E-state index is -3.97. The van der Waals surface area contributed by atoms with E-state index in [1.54, 1.807) is 30.3 Å². The highest BCUT2D eigenvalue weighted by molar-refractivity contribution is 7.92. The first-order chi connectivity index (χ1) is 17.4. The van der Waals surface area contributed by atoms with Crippen LogP contribution in [-0.2, 0) is 10.0 Å². The Morgan fingerprint density at radius 1 is 0.944 bits per heavy atom. The zero-order valence-electron chi connectivity index (χ0n) is 20.8. The molecule has 0 spiro atoms. The van der Waals surface area contributed by atoms with Gasteiger partial charge in [0.15, 0.2) is 0 Å². The lowest BCUT2D eigenvalue weighted by Crippen LogP contribution is -2.34. The van der Waals surface area contributed by atoms with Crippen molar-refractivity contribution < 1.29 is 17.9 Å². The maximum absolute atomic E-state index is 14.0. The minimum absolute atomic E-state index is 0.147. The van der Waals surface area contributed by atoms with Crippen LogP contribution >= 0.6 is 11.6 Å². The Balaban J connectivity index is 1.67. The summed E-state index contributed by atoms with van der Waals surface area (Å²) in [6, 6.07) is 20.4. The first-order valence-corrected chi connectivity index (χ1v) is 14.1. The van der Waals surface area contributed by atoms with E-state index in [2.05, 4.69) is 4.90 Å². The van der Waals surface area contributed by atoms with Crippen LogP contribution in [0.3, 0.4) is 0 Å². The fourth-order valence-electron chi connectivity index (χ4n) is 4.64. The van der Waals surface area contributed by atoms with Gasteiger partial charge in [0.2, 0.25) is 0 Å². The van der Waals surface area contributed by atoms with Crippen LogP contribution in [0.5, 0.6) is 11.5 Å². The summed E-state index contributed by atoms with van der Waals surface area (Å²) >= 11 is 6.04. The lowest BCUT2D eigenvalue weighted by Gasteiger charge is -2.32. The van der Waals surface area contributed by atoms with Crippen molar-refractivity contribution in [3.8, 4) is 11.5 Å². The molecule has 1 aliphatic rings. The lowest BCUT2D eigenvalue weighted by molar-refractivity contribution is 0.261. The molecule has 1 fully saturated rings. The van der Waals surface area contributed by atoms with Crippen LogP contribution in [0.2, 0.25) is 5.02 Å². The summed E-state index contributed by atoms with van der Waals surface area (Å²) in [5, 5.41) is 0.471. The van der Waals surface area contributed by atoms with Crippen LogP contribution in [-0.4, -0.2) is 46.7 Å². The number of hydrogen-bond donors (Lipinski definition) is 0. The van der Waals surface area contributed by atoms with E-state index in [-0.39, 0.29) is 4.90 Å². The third-order valence-corrected chi connectivity index (χ3v) is 8.64. The topological polar surface area (TPSA) is 59.1 Å². The molecular weight excluding hydrogens is 496 g/mol. The average molecular weight is 529 g/mol. The van der Waals surface area contributed by atoms with Gasteiger partial charge in [0, 0.05) is 17.1 Å². The molecule has 0 radical (unpaired) electrons. The molecule has 0 amide bonds. The number of likely N-dealkylation sites (tertiary alicyclic amines) is 1. The lowest BCUT2D eigenvalue weighted by atomic mass is 10.1. The molecular formula is C28H33ClN2O4S. The Morgan fingerprint density at radius 2 is 1.58 bits per heavy atom. The molecule has 0 N–H and O–H groups in total. The van der Waals surface area contributed by atoms with E-state index in [1.807, 2.05) is 37.3 Å². The van der Waals surface area contributed by atoms with Crippen molar-refractivity contribution in [3.63, 3.8) is 0 Å². The van der Waals surface area contributed by atoms with E-state index >= 15 is 0 Å². The predicted molar refractivity (Wildman–Crippen MR) is 145 cm³/mol. The predicted octanol–water partition coefficient (Wildman–Crippen LogP) is 6.17. The molecule has 1 atom stereocenters. The maximum atomic E-state index is 14.0. The average Bonchev–Trinajstić information content (AvgIpc) is 3.41. The van der Waals surface area contributed by atoms with Gasteiger partial charge in [-0.15, -0.1) is 0 Å². The fourth-order valence-corrected chi connectivity index (χ4v) is 6.41. The van der Waals surface area contributed by atoms with Crippen LogP contribution in [0, 0.1) is 0 Å². The number of nitrogens with zero attached hydrogens (tertiary/aromatic N) is 2. The molecule has 3 aromatic carbocycles. The Hall–Kier alpha value is -2.74. The molecule has 0 aliphatic carbocycles. The van der Waals surface area contributed by atoms with Crippen LogP contribution < -0.4 is 13.8 Å². The number of rotatable bonds is 11. The van der Waals surface area contributed by atoms with E-state index in [0.29, 0.717) is 28.8 Å². The second-order valence-corrected chi connectivity index (χ2v) is 11.1. The number of hydrogen-bond acceptors (Lipinski definition) is 5. The number of sulfonamides is 1. The summed E-state index contributed by atoms with van der Waals surface area (Å²) in [5.74, 6) is 1.14. The summed E-state index contributed by atoms with van der Waals surface area (Å²) in [6.45, 7) is 5.76. The number of methoxy groups -OCH3 is 1. The summed E-state index contributed by atoms with van der Waals surface area (Å²) in [4.78, 5) is 2.61.